The molecule has 1 fully saturated rings. The van der Waals surface area contributed by atoms with Crippen LogP contribution in [0.5, 0.6) is 5.75 Å². The summed E-state index contributed by atoms with van der Waals surface area (Å²) in [7, 11) is 1.60. The molecule has 2 aromatic heterocycles. The van der Waals surface area contributed by atoms with E-state index in [9.17, 15) is 14.4 Å². The van der Waals surface area contributed by atoms with Gasteiger partial charge in [-0.3, -0.25) is 14.4 Å². The lowest BCUT2D eigenvalue weighted by Gasteiger charge is -2.43. The van der Waals surface area contributed by atoms with Gasteiger partial charge in [0.05, 0.1) is 20.0 Å². The summed E-state index contributed by atoms with van der Waals surface area (Å²) in [5.74, 6) is 0.726. The van der Waals surface area contributed by atoms with E-state index in [1.807, 2.05) is 49.4 Å². The molecule has 0 unspecified atom stereocenters. The average Bonchev–Trinajstić information content (AvgIpc) is 3.42. The van der Waals surface area contributed by atoms with E-state index in [0.29, 0.717) is 45.7 Å². The van der Waals surface area contributed by atoms with E-state index in [4.69, 9.17) is 4.74 Å². The highest BCUT2D eigenvalue weighted by atomic mass is 16.5. The van der Waals surface area contributed by atoms with Crippen LogP contribution in [-0.4, -0.2) is 87.4 Å². The highest BCUT2D eigenvalue weighted by Crippen LogP contribution is 2.30. The number of anilines is 1. The van der Waals surface area contributed by atoms with E-state index in [1.54, 1.807) is 34.6 Å². The number of benzene rings is 1. The Labute approximate surface area is 233 Å². The van der Waals surface area contributed by atoms with Gasteiger partial charge in [0.2, 0.25) is 5.91 Å². The topological polar surface area (TPSA) is 113 Å². The molecule has 1 saturated heterocycles. The number of ether oxygens (including phenoxy) is 1. The highest BCUT2D eigenvalue weighted by molar-refractivity contribution is 6.07. The van der Waals surface area contributed by atoms with Crippen molar-refractivity contribution in [2.24, 2.45) is 0 Å². The third-order valence-electron chi connectivity index (χ3n) is 7.65. The maximum atomic E-state index is 13.9. The quantitative estimate of drug-likeness (QED) is 0.462. The van der Waals surface area contributed by atoms with Crippen LogP contribution in [-0.2, 0) is 17.9 Å². The predicted octanol–water partition coefficient (Wildman–Crippen LogP) is 2.19. The Morgan fingerprint density at radius 3 is 2.45 bits per heavy atom. The Bertz CT molecular complexity index is 1370. The minimum atomic E-state index is -1.14. The first-order chi connectivity index (χ1) is 19.4. The molecule has 4 heterocycles. The summed E-state index contributed by atoms with van der Waals surface area (Å²) in [5, 5.41) is 2.99. The first kappa shape index (κ1) is 27.2. The lowest BCUT2D eigenvalue weighted by Crippen LogP contribution is -2.64. The number of pyridine rings is 1. The molecule has 210 valence electrons. The monoisotopic (exact) mass is 545 g/mol. The van der Waals surface area contributed by atoms with Crippen molar-refractivity contribution in [3.8, 4) is 5.75 Å². The lowest BCUT2D eigenvalue weighted by molar-refractivity contribution is -0.133. The van der Waals surface area contributed by atoms with E-state index in [0.717, 1.165) is 17.1 Å². The van der Waals surface area contributed by atoms with Gasteiger partial charge in [0.25, 0.3) is 11.8 Å². The molecule has 2 aliphatic rings. The molecule has 2 aliphatic heterocycles. The van der Waals surface area contributed by atoms with E-state index in [-0.39, 0.29) is 35.7 Å². The maximum absolute atomic E-state index is 13.9. The van der Waals surface area contributed by atoms with Crippen molar-refractivity contribution in [1.29, 1.82) is 0 Å². The molecule has 11 nitrogen and oxygen atoms in total. The van der Waals surface area contributed by atoms with Crippen molar-refractivity contribution in [2.75, 3.05) is 44.7 Å². The summed E-state index contributed by atoms with van der Waals surface area (Å²) in [6, 6.07) is 13.2. The number of imidazole rings is 1. The minimum absolute atomic E-state index is 0.137. The number of fused-ring (bicyclic) bond motifs is 1. The van der Waals surface area contributed by atoms with E-state index < -0.39 is 5.54 Å². The third-order valence-corrected chi connectivity index (χ3v) is 7.65. The summed E-state index contributed by atoms with van der Waals surface area (Å²) < 4.78 is 6.85. The zero-order valence-corrected chi connectivity index (χ0v) is 23.2. The molecular formula is C29H35N7O4. The lowest BCUT2D eigenvalue weighted by atomic mass is 9.93. The first-order valence-corrected chi connectivity index (χ1v) is 13.6. The molecule has 3 amide bonds. The highest BCUT2D eigenvalue weighted by Gasteiger charge is 2.48. The predicted molar refractivity (Wildman–Crippen MR) is 149 cm³/mol. The number of amides is 3. The number of aromatic nitrogens is 3. The normalized spacial score (nSPS) is 18.9. The van der Waals surface area contributed by atoms with Crippen LogP contribution in [0.1, 0.15) is 46.8 Å². The summed E-state index contributed by atoms with van der Waals surface area (Å²) in [6.45, 7) is 6.91. The van der Waals surface area contributed by atoms with Crippen LogP contribution in [0.3, 0.4) is 0 Å². The van der Waals surface area contributed by atoms with Crippen LogP contribution in [0.15, 0.2) is 55.0 Å². The largest absolute Gasteiger partial charge is 0.497 e. The summed E-state index contributed by atoms with van der Waals surface area (Å²) >= 11 is 0. The van der Waals surface area contributed by atoms with Gasteiger partial charge in [0, 0.05) is 45.5 Å². The molecule has 1 aromatic carbocycles. The van der Waals surface area contributed by atoms with Crippen LogP contribution < -0.4 is 15.0 Å². The van der Waals surface area contributed by atoms with Gasteiger partial charge >= 0.3 is 0 Å². The number of nitrogens with one attached hydrogen (secondary N) is 1. The Hall–Kier alpha value is -4.41. The number of rotatable bonds is 8. The van der Waals surface area contributed by atoms with Crippen molar-refractivity contribution >= 4 is 23.5 Å². The van der Waals surface area contributed by atoms with Crippen molar-refractivity contribution in [2.45, 2.75) is 38.9 Å². The summed E-state index contributed by atoms with van der Waals surface area (Å²) in [5.41, 5.74) is 0.160. The minimum Gasteiger partial charge on any atom is -0.497 e. The number of hydrogen-bond acceptors (Lipinski definition) is 7. The summed E-state index contributed by atoms with van der Waals surface area (Å²) in [6.07, 6.45) is 3.92. The first-order valence-electron chi connectivity index (χ1n) is 13.6. The van der Waals surface area contributed by atoms with Gasteiger partial charge in [-0.25, -0.2) is 9.97 Å². The van der Waals surface area contributed by atoms with Gasteiger partial charge in [0.1, 0.15) is 22.8 Å². The van der Waals surface area contributed by atoms with Crippen molar-refractivity contribution < 1.29 is 19.1 Å². The molecular weight excluding hydrogens is 510 g/mol. The molecule has 3 aromatic rings. The van der Waals surface area contributed by atoms with Crippen molar-refractivity contribution in [1.82, 2.24) is 29.7 Å². The van der Waals surface area contributed by atoms with Crippen LogP contribution in [0.25, 0.3) is 0 Å². The number of nitrogens with zero attached hydrogens (tertiary/aromatic N) is 6. The Morgan fingerprint density at radius 2 is 1.80 bits per heavy atom. The SMILES string of the molecule is CCCN1C(=O)c2c(C(=O)N3CCN(c4ccccn4)CC3)ncn2C[C@@]1(C)C(=O)NCc1ccc(OC)cc1. The van der Waals surface area contributed by atoms with Gasteiger partial charge in [-0.1, -0.05) is 25.1 Å². The van der Waals surface area contributed by atoms with E-state index in [2.05, 4.69) is 20.2 Å². The van der Waals surface area contributed by atoms with Crippen molar-refractivity contribution in [3.05, 3.63) is 71.9 Å². The smallest absolute Gasteiger partial charge is 0.275 e. The second-order valence-corrected chi connectivity index (χ2v) is 10.3. The van der Waals surface area contributed by atoms with Crippen LogP contribution in [0, 0.1) is 0 Å². The molecule has 40 heavy (non-hydrogen) atoms. The molecule has 11 heteroatoms. The Kier molecular flexibility index (Phi) is 7.72. The molecule has 1 N–H and O–H groups in total. The van der Waals surface area contributed by atoms with Gasteiger partial charge in [-0.05, 0) is 43.2 Å². The van der Waals surface area contributed by atoms with Crippen molar-refractivity contribution in [3.63, 3.8) is 0 Å². The molecule has 0 bridgehead atoms. The third kappa shape index (κ3) is 5.11. The zero-order chi connectivity index (χ0) is 28.3. The average molecular weight is 546 g/mol. The van der Waals surface area contributed by atoms with Gasteiger partial charge < -0.3 is 29.3 Å². The molecule has 0 radical (unpaired) electrons. The van der Waals surface area contributed by atoms with Gasteiger partial charge in [-0.2, -0.15) is 0 Å². The molecule has 0 saturated carbocycles. The number of piperazine rings is 1. The fraction of sp³-hybridized carbons (Fsp3) is 0.414. The number of methoxy groups -OCH3 is 1. The second-order valence-electron chi connectivity index (χ2n) is 10.3. The van der Waals surface area contributed by atoms with Gasteiger partial charge in [0.15, 0.2) is 5.69 Å². The van der Waals surface area contributed by atoms with E-state index in [1.165, 1.54) is 6.33 Å². The Balaban J connectivity index is 1.31. The second kappa shape index (κ2) is 11.4. The molecule has 0 aliphatic carbocycles. The molecule has 0 spiro atoms. The number of carbonyl (C=O) groups is 3. The maximum Gasteiger partial charge on any atom is 0.275 e. The van der Waals surface area contributed by atoms with Crippen LogP contribution in [0.2, 0.25) is 0 Å². The number of carbonyl (C=O) groups excluding carboxylic acids is 3. The van der Waals surface area contributed by atoms with Crippen LogP contribution >= 0.6 is 0 Å². The van der Waals surface area contributed by atoms with Crippen LogP contribution in [0.4, 0.5) is 5.82 Å². The fourth-order valence-corrected chi connectivity index (χ4v) is 5.36. The standard InChI is InChI=1S/C29H35N7O4/c1-4-13-36-27(38)25-24(26(37)34-16-14-33(15-17-34)23-7-5-6-12-30-23)32-20-35(25)19-29(36,2)28(39)31-18-21-8-10-22(40-3)11-9-21/h5-12,20H,4,13-19H2,1-3H3,(H,31,39)/t29-/m0/s1. The van der Waals surface area contributed by atoms with Gasteiger partial charge in [-0.15, -0.1) is 0 Å². The fourth-order valence-electron chi connectivity index (χ4n) is 5.36. The molecule has 1 atom stereocenters. The molecule has 5 rings (SSSR count). The zero-order valence-electron chi connectivity index (χ0n) is 23.2. The number of hydrogen-bond donors (Lipinski definition) is 1. The Morgan fingerprint density at radius 1 is 1.05 bits per heavy atom. The summed E-state index contributed by atoms with van der Waals surface area (Å²) in [4.78, 5) is 55.2. The van der Waals surface area contributed by atoms with E-state index >= 15 is 0 Å².